The van der Waals surface area contributed by atoms with Gasteiger partial charge < -0.3 is 15.4 Å². The molecule has 2 heterocycles. The second kappa shape index (κ2) is 3.51. The van der Waals surface area contributed by atoms with E-state index in [0.717, 1.165) is 24.6 Å². The van der Waals surface area contributed by atoms with Crippen LogP contribution in [0.15, 0.2) is 5.38 Å². The van der Waals surface area contributed by atoms with E-state index in [2.05, 4.69) is 9.88 Å². The van der Waals surface area contributed by atoms with E-state index in [1.165, 1.54) is 0 Å². The van der Waals surface area contributed by atoms with Crippen LogP contribution in [-0.2, 0) is 4.74 Å². The number of aromatic nitrogens is 1. The SMILES string of the molecule is CO[C@@H]1CCN(c2nc(N)cs2)C1. The molecule has 0 amide bonds. The predicted octanol–water partition coefficient (Wildman–Crippen LogP) is 0.950. The Kier molecular flexibility index (Phi) is 2.37. The van der Waals surface area contributed by atoms with E-state index in [9.17, 15) is 0 Å². The highest BCUT2D eigenvalue weighted by atomic mass is 32.1. The molecule has 4 nitrogen and oxygen atoms in total. The molecule has 2 N–H and O–H groups in total. The van der Waals surface area contributed by atoms with Gasteiger partial charge in [-0.2, -0.15) is 0 Å². The van der Waals surface area contributed by atoms with Crippen LogP contribution in [0.2, 0.25) is 0 Å². The van der Waals surface area contributed by atoms with E-state index in [1.54, 1.807) is 18.4 Å². The molecule has 0 radical (unpaired) electrons. The Morgan fingerprint density at radius 2 is 2.62 bits per heavy atom. The molecule has 1 aliphatic rings. The average Bonchev–Trinajstić information content (AvgIpc) is 2.71. The molecule has 13 heavy (non-hydrogen) atoms. The molecule has 0 aromatic carbocycles. The molecule has 0 bridgehead atoms. The first-order valence-corrected chi connectivity index (χ1v) is 5.16. The second-order valence-corrected chi connectivity index (χ2v) is 3.98. The monoisotopic (exact) mass is 199 g/mol. The highest BCUT2D eigenvalue weighted by molar-refractivity contribution is 7.14. The standard InChI is InChI=1S/C8H13N3OS/c1-12-6-2-3-11(4-6)8-10-7(9)5-13-8/h5-6H,2-4,9H2,1H3/t6-/m1/s1. The Morgan fingerprint density at radius 3 is 3.15 bits per heavy atom. The molecule has 0 saturated carbocycles. The first-order valence-electron chi connectivity index (χ1n) is 4.28. The van der Waals surface area contributed by atoms with Gasteiger partial charge in [0.15, 0.2) is 5.13 Å². The minimum absolute atomic E-state index is 0.352. The number of anilines is 2. The fourth-order valence-electron chi connectivity index (χ4n) is 1.52. The van der Waals surface area contributed by atoms with Gasteiger partial charge in [-0.1, -0.05) is 0 Å². The van der Waals surface area contributed by atoms with Gasteiger partial charge in [-0.05, 0) is 6.42 Å². The van der Waals surface area contributed by atoms with Crippen molar-refractivity contribution in [3.05, 3.63) is 5.38 Å². The molecule has 5 heteroatoms. The molecular weight excluding hydrogens is 186 g/mol. The topological polar surface area (TPSA) is 51.4 Å². The summed E-state index contributed by atoms with van der Waals surface area (Å²) in [5.74, 6) is 0.612. The molecule has 0 aliphatic carbocycles. The van der Waals surface area contributed by atoms with Crippen LogP contribution in [0.1, 0.15) is 6.42 Å². The molecule has 1 fully saturated rings. The lowest BCUT2D eigenvalue weighted by molar-refractivity contribution is 0.121. The minimum Gasteiger partial charge on any atom is -0.383 e. The Hall–Kier alpha value is -0.810. The van der Waals surface area contributed by atoms with Crippen LogP contribution in [0.4, 0.5) is 10.9 Å². The van der Waals surface area contributed by atoms with Crippen molar-refractivity contribution in [1.29, 1.82) is 0 Å². The third-order valence-electron chi connectivity index (χ3n) is 2.26. The lowest BCUT2D eigenvalue weighted by atomic mass is 10.3. The van der Waals surface area contributed by atoms with Gasteiger partial charge in [0.05, 0.1) is 6.10 Å². The Balaban J connectivity index is 2.03. The van der Waals surface area contributed by atoms with Crippen LogP contribution in [0.25, 0.3) is 0 Å². The first kappa shape index (κ1) is 8.77. The summed E-state index contributed by atoms with van der Waals surface area (Å²) in [6.07, 6.45) is 1.43. The molecule has 1 aliphatic heterocycles. The van der Waals surface area contributed by atoms with Crippen molar-refractivity contribution in [2.45, 2.75) is 12.5 Å². The van der Waals surface area contributed by atoms with E-state index >= 15 is 0 Å². The third kappa shape index (κ3) is 1.76. The fourth-order valence-corrected chi connectivity index (χ4v) is 2.27. The molecule has 1 aromatic rings. The molecule has 1 atom stereocenters. The molecule has 2 rings (SSSR count). The van der Waals surface area contributed by atoms with Crippen LogP contribution >= 0.6 is 11.3 Å². The first-order chi connectivity index (χ1) is 6.29. The van der Waals surface area contributed by atoms with Crippen molar-refractivity contribution in [2.75, 3.05) is 30.8 Å². The zero-order chi connectivity index (χ0) is 9.26. The largest absolute Gasteiger partial charge is 0.383 e. The van der Waals surface area contributed by atoms with Gasteiger partial charge in [0, 0.05) is 25.6 Å². The van der Waals surface area contributed by atoms with E-state index in [4.69, 9.17) is 10.5 Å². The van der Waals surface area contributed by atoms with Crippen LogP contribution in [0, 0.1) is 0 Å². The van der Waals surface area contributed by atoms with Gasteiger partial charge in [0.2, 0.25) is 0 Å². The average molecular weight is 199 g/mol. The van der Waals surface area contributed by atoms with Gasteiger partial charge in [-0.3, -0.25) is 0 Å². The maximum absolute atomic E-state index is 5.55. The minimum atomic E-state index is 0.352. The summed E-state index contributed by atoms with van der Waals surface area (Å²) in [4.78, 5) is 6.45. The van der Waals surface area contributed by atoms with Crippen LogP contribution in [0.3, 0.4) is 0 Å². The van der Waals surface area contributed by atoms with Gasteiger partial charge >= 0.3 is 0 Å². The number of nitrogens with two attached hydrogens (primary N) is 1. The maximum Gasteiger partial charge on any atom is 0.187 e. The summed E-state index contributed by atoms with van der Waals surface area (Å²) in [5, 5.41) is 2.88. The normalized spacial score (nSPS) is 22.5. The van der Waals surface area contributed by atoms with Crippen LogP contribution < -0.4 is 10.6 Å². The van der Waals surface area contributed by atoms with Gasteiger partial charge in [-0.25, -0.2) is 4.98 Å². The number of nitrogen functional groups attached to an aromatic ring is 1. The number of rotatable bonds is 2. The summed E-state index contributed by atoms with van der Waals surface area (Å²) in [7, 11) is 1.75. The summed E-state index contributed by atoms with van der Waals surface area (Å²) in [5.41, 5.74) is 5.55. The molecule has 1 aromatic heterocycles. The van der Waals surface area contributed by atoms with E-state index < -0.39 is 0 Å². The number of ether oxygens (including phenoxy) is 1. The molecular formula is C8H13N3OS. The van der Waals surface area contributed by atoms with Crippen molar-refractivity contribution in [3.63, 3.8) is 0 Å². The number of hydrogen-bond acceptors (Lipinski definition) is 5. The summed E-state index contributed by atoms with van der Waals surface area (Å²) in [6, 6.07) is 0. The highest BCUT2D eigenvalue weighted by Gasteiger charge is 2.23. The molecule has 0 unspecified atom stereocenters. The van der Waals surface area contributed by atoms with Gasteiger partial charge in [0.25, 0.3) is 0 Å². The maximum atomic E-state index is 5.55. The van der Waals surface area contributed by atoms with Gasteiger partial charge in [-0.15, -0.1) is 11.3 Å². The number of nitrogens with zero attached hydrogens (tertiary/aromatic N) is 2. The van der Waals surface area contributed by atoms with Crippen molar-refractivity contribution < 1.29 is 4.74 Å². The molecule has 72 valence electrons. The summed E-state index contributed by atoms with van der Waals surface area (Å²) >= 11 is 1.59. The molecule has 1 saturated heterocycles. The second-order valence-electron chi connectivity index (χ2n) is 3.15. The Labute approximate surface area is 81.3 Å². The van der Waals surface area contributed by atoms with Crippen molar-refractivity contribution in [2.24, 2.45) is 0 Å². The lowest BCUT2D eigenvalue weighted by Gasteiger charge is -2.13. The smallest absolute Gasteiger partial charge is 0.187 e. The van der Waals surface area contributed by atoms with Crippen molar-refractivity contribution in [3.8, 4) is 0 Å². The highest BCUT2D eigenvalue weighted by Crippen LogP contribution is 2.25. The van der Waals surface area contributed by atoms with Crippen molar-refractivity contribution in [1.82, 2.24) is 4.98 Å². The Bertz CT molecular complexity index is 289. The predicted molar refractivity (Wildman–Crippen MR) is 54.2 cm³/mol. The van der Waals surface area contributed by atoms with E-state index in [0.29, 0.717) is 11.9 Å². The van der Waals surface area contributed by atoms with E-state index in [-0.39, 0.29) is 0 Å². The summed E-state index contributed by atoms with van der Waals surface area (Å²) in [6.45, 7) is 1.95. The Morgan fingerprint density at radius 1 is 1.77 bits per heavy atom. The fraction of sp³-hybridized carbons (Fsp3) is 0.625. The third-order valence-corrected chi connectivity index (χ3v) is 3.18. The van der Waals surface area contributed by atoms with Crippen LogP contribution in [0.5, 0.6) is 0 Å². The molecule has 0 spiro atoms. The zero-order valence-electron chi connectivity index (χ0n) is 7.56. The number of methoxy groups -OCH3 is 1. The summed E-state index contributed by atoms with van der Waals surface area (Å²) < 4.78 is 5.27. The van der Waals surface area contributed by atoms with Crippen LogP contribution in [-0.4, -0.2) is 31.3 Å². The quantitative estimate of drug-likeness (QED) is 0.770. The van der Waals surface area contributed by atoms with E-state index in [1.807, 2.05) is 5.38 Å². The van der Waals surface area contributed by atoms with Crippen molar-refractivity contribution >= 4 is 22.3 Å². The number of hydrogen-bond donors (Lipinski definition) is 1. The lowest BCUT2D eigenvalue weighted by Crippen LogP contribution is -2.21. The zero-order valence-corrected chi connectivity index (χ0v) is 8.38. The van der Waals surface area contributed by atoms with Gasteiger partial charge in [0.1, 0.15) is 5.82 Å². The number of thiazole rings is 1.